The number of aromatic carboxylic acids is 4. The number of carboxylic acid groups (broad SMARTS) is 4. The first-order chi connectivity index (χ1) is 18.9. The Hall–Kier alpha value is -5.45. The molecule has 0 aromatic carbocycles. The molecule has 41 heavy (non-hydrogen) atoms. The van der Waals surface area contributed by atoms with E-state index in [9.17, 15) is 39.6 Å². The molecule has 4 aromatic rings. The van der Waals surface area contributed by atoms with Crippen molar-refractivity contribution >= 4 is 46.6 Å². The molecule has 0 saturated heterocycles. The minimum Gasteiger partial charge on any atom is -0.543 e. The van der Waals surface area contributed by atoms with Crippen LogP contribution < -0.4 is 43.4 Å². The summed E-state index contributed by atoms with van der Waals surface area (Å²) in [6.07, 6.45) is 5.39. The minimum absolute atomic E-state index is 0. The molecule has 16 nitrogen and oxygen atoms in total. The summed E-state index contributed by atoms with van der Waals surface area (Å²) in [5, 5.41) is 40.7. The van der Waals surface area contributed by atoms with E-state index in [1.54, 1.807) is 24.3 Å². The second-order valence-corrected chi connectivity index (χ2v) is 6.91. The molecular weight excluding hydrogens is 707 g/mol. The van der Waals surface area contributed by atoms with Gasteiger partial charge in [-0.25, -0.2) is 0 Å². The van der Waals surface area contributed by atoms with E-state index in [4.69, 9.17) is 22.9 Å². The average molecular weight is 727 g/mol. The topological polar surface area (TPSA) is 316 Å². The molecule has 0 aliphatic carbocycles. The van der Waals surface area contributed by atoms with Crippen LogP contribution in [-0.4, -0.2) is 43.8 Å². The van der Waals surface area contributed by atoms with Crippen LogP contribution in [0.5, 0.6) is 0 Å². The monoisotopic (exact) mass is 728 g/mol. The third-order valence-corrected chi connectivity index (χ3v) is 4.13. The van der Waals surface area contributed by atoms with Crippen molar-refractivity contribution in [3.8, 4) is 0 Å². The molecule has 0 bridgehead atoms. The molecule has 4 aromatic heterocycles. The Morgan fingerprint density at radius 2 is 0.610 bits per heavy atom. The maximum atomic E-state index is 10.2. The van der Waals surface area contributed by atoms with E-state index in [1.165, 1.54) is 49.1 Å². The van der Waals surface area contributed by atoms with Gasteiger partial charge in [0, 0.05) is 24.8 Å². The predicted molar refractivity (Wildman–Crippen MR) is 132 cm³/mol. The summed E-state index contributed by atoms with van der Waals surface area (Å²) in [4.78, 5) is 54.6. The molecule has 0 spiro atoms. The molecule has 0 radical (unpaired) electrons. The number of anilines is 4. The van der Waals surface area contributed by atoms with Crippen LogP contribution in [0.2, 0.25) is 0 Å². The number of nitrogens with zero attached hydrogens (tertiary/aromatic N) is 4. The summed E-state index contributed by atoms with van der Waals surface area (Å²) in [6, 6.07) is 12.1. The zero-order chi connectivity index (χ0) is 30.2. The Labute approximate surface area is 250 Å². The summed E-state index contributed by atoms with van der Waals surface area (Å²) in [5.41, 5.74) is 20.6. The SMILES string of the molecule is Nc1cccnc1C(=O)[O-].Nc1cccnc1C(=O)[O-].Nc1cccnc1C(=O)[O-].Nc1cccnc1C(=O)[O-].[Hf+4]. The van der Waals surface area contributed by atoms with E-state index in [-0.39, 0.29) is 71.4 Å². The van der Waals surface area contributed by atoms with Crippen molar-refractivity contribution in [2.45, 2.75) is 0 Å². The number of rotatable bonds is 4. The van der Waals surface area contributed by atoms with Gasteiger partial charge in [-0.15, -0.1) is 0 Å². The van der Waals surface area contributed by atoms with Crippen molar-refractivity contribution in [2.75, 3.05) is 22.9 Å². The molecular formula is C24H20HfN8O8. The van der Waals surface area contributed by atoms with Gasteiger partial charge < -0.3 is 62.5 Å². The molecule has 8 N–H and O–H groups in total. The van der Waals surface area contributed by atoms with Crippen LogP contribution in [-0.2, 0) is 25.8 Å². The van der Waals surface area contributed by atoms with Crippen molar-refractivity contribution in [3.63, 3.8) is 0 Å². The molecule has 0 aliphatic rings. The Kier molecular flexibility index (Phi) is 15.6. The largest absolute Gasteiger partial charge is 4.00 e. The number of carbonyl (C=O) groups excluding carboxylic acids is 4. The van der Waals surface area contributed by atoms with Gasteiger partial charge in [0.2, 0.25) is 0 Å². The van der Waals surface area contributed by atoms with Gasteiger partial charge in [-0.3, -0.25) is 19.9 Å². The summed E-state index contributed by atoms with van der Waals surface area (Å²) >= 11 is 0. The Bertz CT molecular complexity index is 1270. The average Bonchev–Trinajstić information content (AvgIpc) is 2.90. The first-order valence-corrected chi connectivity index (χ1v) is 10.5. The van der Waals surface area contributed by atoms with Crippen molar-refractivity contribution < 1.29 is 65.4 Å². The van der Waals surface area contributed by atoms with Crippen LogP contribution in [0.1, 0.15) is 42.0 Å². The summed E-state index contributed by atoms with van der Waals surface area (Å²) in [7, 11) is 0. The third kappa shape index (κ3) is 12.3. The van der Waals surface area contributed by atoms with Crippen LogP contribution in [0.15, 0.2) is 73.3 Å². The van der Waals surface area contributed by atoms with Gasteiger partial charge in [0.25, 0.3) is 0 Å². The first-order valence-electron chi connectivity index (χ1n) is 10.5. The van der Waals surface area contributed by atoms with Crippen LogP contribution in [0, 0.1) is 0 Å². The molecule has 0 saturated carbocycles. The second kappa shape index (κ2) is 17.9. The number of nitrogens with two attached hydrogens (primary N) is 4. The number of carboxylic acids is 4. The van der Waals surface area contributed by atoms with E-state index in [1.807, 2.05) is 0 Å². The number of pyridine rings is 4. The smallest absolute Gasteiger partial charge is 0.543 e. The van der Waals surface area contributed by atoms with E-state index in [0.29, 0.717) is 0 Å². The van der Waals surface area contributed by atoms with Gasteiger partial charge in [0.15, 0.2) is 0 Å². The number of carbonyl (C=O) groups is 4. The molecule has 17 heteroatoms. The van der Waals surface area contributed by atoms with E-state index < -0.39 is 23.9 Å². The van der Waals surface area contributed by atoms with E-state index in [2.05, 4.69) is 19.9 Å². The van der Waals surface area contributed by atoms with Gasteiger partial charge in [-0.05, 0) is 48.5 Å². The fourth-order valence-electron chi connectivity index (χ4n) is 2.35. The van der Waals surface area contributed by atoms with Crippen molar-refractivity contribution in [3.05, 3.63) is 96.1 Å². The zero-order valence-corrected chi connectivity index (χ0v) is 24.4. The number of aromatic nitrogens is 4. The van der Waals surface area contributed by atoms with Gasteiger partial charge in [-0.1, -0.05) is 0 Å². The maximum Gasteiger partial charge on any atom is 4.00 e. The van der Waals surface area contributed by atoms with Gasteiger partial charge in [0.1, 0.15) is 22.8 Å². The van der Waals surface area contributed by atoms with Crippen LogP contribution in [0.3, 0.4) is 0 Å². The molecule has 208 valence electrons. The van der Waals surface area contributed by atoms with E-state index in [0.717, 1.165) is 0 Å². The molecule has 4 heterocycles. The van der Waals surface area contributed by atoms with Gasteiger partial charge >= 0.3 is 25.8 Å². The van der Waals surface area contributed by atoms with Crippen LogP contribution in [0.25, 0.3) is 0 Å². The fourth-order valence-corrected chi connectivity index (χ4v) is 2.35. The Morgan fingerprint density at radius 3 is 0.707 bits per heavy atom. The number of hydrogen-bond donors (Lipinski definition) is 4. The van der Waals surface area contributed by atoms with Crippen LogP contribution in [0.4, 0.5) is 22.7 Å². The van der Waals surface area contributed by atoms with Crippen molar-refractivity contribution in [2.24, 2.45) is 0 Å². The fraction of sp³-hybridized carbons (Fsp3) is 0. The quantitative estimate of drug-likeness (QED) is 0.146. The molecule has 4 rings (SSSR count). The van der Waals surface area contributed by atoms with Gasteiger partial charge in [0.05, 0.1) is 46.6 Å². The zero-order valence-electron chi connectivity index (χ0n) is 20.8. The van der Waals surface area contributed by atoms with E-state index >= 15 is 0 Å². The summed E-state index contributed by atoms with van der Waals surface area (Å²) in [5.74, 6) is -5.40. The minimum atomic E-state index is -1.35. The standard InChI is InChI=1S/4C6H6N2O2.Hf/c4*7-4-2-1-3-8-5(4)6(9)10;/h4*1-3H,7H2,(H,9,10);/q;;;;+4/p-4. The van der Waals surface area contributed by atoms with Gasteiger partial charge in [-0.2, -0.15) is 0 Å². The maximum absolute atomic E-state index is 10.2. The number of nitrogen functional groups attached to an aromatic ring is 4. The number of hydrogen-bond acceptors (Lipinski definition) is 16. The molecule has 0 atom stereocenters. The van der Waals surface area contributed by atoms with Crippen molar-refractivity contribution in [1.82, 2.24) is 19.9 Å². The van der Waals surface area contributed by atoms with Crippen LogP contribution >= 0.6 is 0 Å². The van der Waals surface area contributed by atoms with Crippen molar-refractivity contribution in [1.29, 1.82) is 0 Å². The Balaban J connectivity index is 0.000000516. The third-order valence-electron chi connectivity index (χ3n) is 4.13. The Morgan fingerprint density at radius 1 is 0.439 bits per heavy atom. The summed E-state index contributed by atoms with van der Waals surface area (Å²) < 4.78 is 0. The molecule has 0 amide bonds. The summed E-state index contributed by atoms with van der Waals surface area (Å²) in [6.45, 7) is 0. The predicted octanol–water partition coefficient (Wildman–Crippen LogP) is -3.89. The first kappa shape index (κ1) is 35.6. The second-order valence-electron chi connectivity index (χ2n) is 6.91. The normalized spacial score (nSPS) is 8.98. The molecule has 0 aliphatic heterocycles. The molecule has 0 unspecified atom stereocenters. The molecule has 0 fully saturated rings.